The topological polar surface area (TPSA) is 80.9 Å². The standard InChI is InChI=1S/C35H63N7O3Si/c1-7-45-34(43)10-8-16-40(28-33-37-15-23-42(33)30-44-24-25-46(4,5)6)27-32-36-14-22-41(32)18-9-17-39-21-13-35(29-39)11-19-38(20-12-35)26-31(2)3/h14-15,22-23,31H,7-13,16-21,24-30H2,1-6H3. The lowest BCUT2D eigenvalue weighted by Crippen LogP contribution is -2.42. The predicted octanol–water partition coefficient (Wildman–Crippen LogP) is 5.57. The Labute approximate surface area is 279 Å². The van der Waals surface area contributed by atoms with Gasteiger partial charge in [-0.05, 0) is 89.1 Å². The summed E-state index contributed by atoms with van der Waals surface area (Å²) < 4.78 is 15.6. The molecule has 2 fully saturated rings. The summed E-state index contributed by atoms with van der Waals surface area (Å²) in [5.74, 6) is 2.66. The number of hydrogen-bond donors (Lipinski definition) is 0. The van der Waals surface area contributed by atoms with Gasteiger partial charge in [-0.15, -0.1) is 0 Å². The SMILES string of the molecule is CCOC(=O)CCCN(Cc1nccn1CCCN1CCC2(CCN(CC(C)C)CC2)C1)Cc1nccn1COCC[Si](C)(C)C. The van der Waals surface area contributed by atoms with Crippen molar-refractivity contribution in [2.24, 2.45) is 11.3 Å². The second kappa shape index (κ2) is 17.9. The highest BCUT2D eigenvalue weighted by Gasteiger charge is 2.40. The van der Waals surface area contributed by atoms with Crippen molar-refractivity contribution in [3.63, 3.8) is 0 Å². The number of ether oxygens (including phenoxy) is 2. The van der Waals surface area contributed by atoms with E-state index >= 15 is 0 Å². The monoisotopic (exact) mass is 657 g/mol. The molecular formula is C35H63N7O3Si. The first-order valence-corrected chi connectivity index (χ1v) is 21.7. The van der Waals surface area contributed by atoms with Crippen LogP contribution in [-0.2, 0) is 40.6 Å². The van der Waals surface area contributed by atoms with E-state index in [1.54, 1.807) is 0 Å². The second-order valence-electron chi connectivity index (χ2n) is 15.4. The van der Waals surface area contributed by atoms with Crippen LogP contribution in [-0.4, -0.2) is 107 Å². The van der Waals surface area contributed by atoms with Gasteiger partial charge in [0.15, 0.2) is 0 Å². The van der Waals surface area contributed by atoms with Gasteiger partial charge in [-0.3, -0.25) is 9.69 Å². The molecule has 1 spiro atoms. The van der Waals surface area contributed by atoms with Crippen LogP contribution in [0.25, 0.3) is 0 Å². The molecular weight excluding hydrogens is 595 g/mol. The van der Waals surface area contributed by atoms with Crippen molar-refractivity contribution in [1.29, 1.82) is 0 Å². The van der Waals surface area contributed by atoms with Gasteiger partial charge in [0, 0.05) is 65.5 Å². The summed E-state index contributed by atoms with van der Waals surface area (Å²) in [6.07, 6.45) is 14.3. The number of nitrogens with zero attached hydrogens (tertiary/aromatic N) is 7. The largest absolute Gasteiger partial charge is 0.466 e. The molecule has 2 aromatic rings. The summed E-state index contributed by atoms with van der Waals surface area (Å²) in [5, 5.41) is 0. The zero-order valence-electron chi connectivity index (χ0n) is 29.9. The molecule has 0 unspecified atom stereocenters. The Hall–Kier alpha value is -2.05. The van der Waals surface area contributed by atoms with Crippen LogP contribution in [0.5, 0.6) is 0 Å². The third-order valence-corrected chi connectivity index (χ3v) is 11.4. The second-order valence-corrected chi connectivity index (χ2v) is 21.0. The van der Waals surface area contributed by atoms with Crippen LogP contribution >= 0.6 is 0 Å². The van der Waals surface area contributed by atoms with Gasteiger partial charge < -0.3 is 28.4 Å². The molecule has 0 aliphatic carbocycles. The van der Waals surface area contributed by atoms with Crippen LogP contribution in [0.15, 0.2) is 24.8 Å². The smallest absolute Gasteiger partial charge is 0.305 e. The number of piperidine rings is 1. The summed E-state index contributed by atoms with van der Waals surface area (Å²) in [5.41, 5.74) is 0.544. The van der Waals surface area contributed by atoms with Gasteiger partial charge in [-0.1, -0.05) is 33.5 Å². The number of imidazole rings is 2. The highest BCUT2D eigenvalue weighted by molar-refractivity contribution is 6.76. The first kappa shape index (κ1) is 36.8. The molecule has 0 atom stereocenters. The molecule has 11 heteroatoms. The first-order chi connectivity index (χ1) is 22.0. The Kier molecular flexibility index (Phi) is 14.3. The van der Waals surface area contributed by atoms with Crippen molar-refractivity contribution in [3.05, 3.63) is 36.4 Å². The highest BCUT2D eigenvalue weighted by atomic mass is 28.3. The minimum absolute atomic E-state index is 0.133. The Morgan fingerprint density at radius 1 is 0.957 bits per heavy atom. The van der Waals surface area contributed by atoms with E-state index in [1.165, 1.54) is 52.0 Å². The van der Waals surface area contributed by atoms with Crippen LogP contribution in [0.3, 0.4) is 0 Å². The van der Waals surface area contributed by atoms with Crippen LogP contribution in [0.1, 0.15) is 70.9 Å². The lowest BCUT2D eigenvalue weighted by atomic mass is 9.77. The van der Waals surface area contributed by atoms with Gasteiger partial charge >= 0.3 is 5.97 Å². The van der Waals surface area contributed by atoms with E-state index < -0.39 is 8.07 Å². The number of carbonyl (C=O) groups is 1. The average Bonchev–Trinajstić information content (AvgIpc) is 3.73. The lowest BCUT2D eigenvalue weighted by Gasteiger charge is -2.40. The molecule has 2 saturated heterocycles. The minimum Gasteiger partial charge on any atom is -0.466 e. The minimum atomic E-state index is -1.14. The average molecular weight is 658 g/mol. The highest BCUT2D eigenvalue weighted by Crippen LogP contribution is 2.40. The molecule has 2 aromatic heterocycles. The van der Waals surface area contributed by atoms with Crippen molar-refractivity contribution < 1.29 is 14.3 Å². The van der Waals surface area contributed by atoms with Crippen LogP contribution in [0, 0.1) is 11.3 Å². The van der Waals surface area contributed by atoms with E-state index in [4.69, 9.17) is 14.5 Å². The van der Waals surface area contributed by atoms with Crippen molar-refractivity contribution in [2.45, 2.75) is 111 Å². The summed E-state index contributed by atoms with van der Waals surface area (Å²) in [6, 6.07) is 1.15. The van der Waals surface area contributed by atoms with Gasteiger partial charge in [0.05, 0.1) is 19.7 Å². The molecule has 4 rings (SSSR count). The molecule has 2 aliphatic rings. The van der Waals surface area contributed by atoms with Crippen LogP contribution in [0.2, 0.25) is 25.7 Å². The van der Waals surface area contributed by atoms with E-state index in [1.807, 2.05) is 25.5 Å². The summed E-state index contributed by atoms with van der Waals surface area (Å²) >= 11 is 0. The molecule has 0 saturated carbocycles. The van der Waals surface area contributed by atoms with Gasteiger partial charge in [-0.25, -0.2) is 9.97 Å². The maximum atomic E-state index is 12.1. The van der Waals surface area contributed by atoms with E-state index in [0.717, 1.165) is 62.7 Å². The maximum absolute atomic E-state index is 12.1. The summed E-state index contributed by atoms with van der Waals surface area (Å²) in [7, 11) is -1.14. The molecule has 46 heavy (non-hydrogen) atoms. The Morgan fingerprint density at radius 2 is 1.61 bits per heavy atom. The fraction of sp³-hybridized carbons (Fsp3) is 0.800. The van der Waals surface area contributed by atoms with Gasteiger partial charge in [0.2, 0.25) is 0 Å². The van der Waals surface area contributed by atoms with Crippen LogP contribution in [0.4, 0.5) is 0 Å². The van der Waals surface area contributed by atoms with E-state index in [0.29, 0.717) is 38.3 Å². The number of likely N-dealkylation sites (tertiary alicyclic amines) is 2. The first-order valence-electron chi connectivity index (χ1n) is 17.9. The zero-order valence-corrected chi connectivity index (χ0v) is 30.9. The quantitative estimate of drug-likeness (QED) is 0.104. The molecule has 0 aromatic carbocycles. The van der Waals surface area contributed by atoms with Crippen molar-refractivity contribution in [1.82, 2.24) is 33.8 Å². The predicted molar refractivity (Wildman–Crippen MR) is 187 cm³/mol. The number of carbonyl (C=O) groups excluding carboxylic acids is 1. The number of aromatic nitrogens is 4. The van der Waals surface area contributed by atoms with Gasteiger partial charge in [0.1, 0.15) is 18.4 Å². The third-order valence-electron chi connectivity index (χ3n) is 9.65. The molecule has 10 nitrogen and oxygen atoms in total. The molecule has 0 N–H and O–H groups in total. The summed E-state index contributed by atoms with van der Waals surface area (Å²) in [6.45, 7) is 25.9. The number of hydrogen-bond acceptors (Lipinski definition) is 8. The van der Waals surface area contributed by atoms with Gasteiger partial charge in [0.25, 0.3) is 0 Å². The Bertz CT molecular complexity index is 1170. The third kappa shape index (κ3) is 12.2. The van der Waals surface area contributed by atoms with Crippen LogP contribution < -0.4 is 0 Å². The number of rotatable bonds is 20. The van der Waals surface area contributed by atoms with E-state index in [9.17, 15) is 4.79 Å². The fourth-order valence-electron chi connectivity index (χ4n) is 6.96. The fourth-order valence-corrected chi connectivity index (χ4v) is 7.71. The molecule has 4 heterocycles. The zero-order chi connectivity index (χ0) is 33.0. The van der Waals surface area contributed by atoms with E-state index in [2.05, 4.69) is 68.5 Å². The molecule has 0 radical (unpaired) electrons. The van der Waals surface area contributed by atoms with Crippen molar-refractivity contribution >= 4 is 14.0 Å². The Balaban J connectivity index is 1.28. The molecule has 0 amide bonds. The Morgan fingerprint density at radius 3 is 2.26 bits per heavy atom. The summed E-state index contributed by atoms with van der Waals surface area (Å²) in [4.78, 5) is 29.3. The number of aryl methyl sites for hydroxylation is 1. The van der Waals surface area contributed by atoms with Crippen molar-refractivity contribution in [3.8, 4) is 0 Å². The molecule has 2 aliphatic heterocycles. The number of esters is 1. The molecule has 0 bridgehead atoms. The lowest BCUT2D eigenvalue weighted by molar-refractivity contribution is -0.143. The normalized spacial score (nSPS) is 17.6. The molecule has 260 valence electrons. The van der Waals surface area contributed by atoms with Gasteiger partial charge in [-0.2, -0.15) is 0 Å². The maximum Gasteiger partial charge on any atom is 0.305 e. The van der Waals surface area contributed by atoms with E-state index in [-0.39, 0.29) is 5.97 Å². The van der Waals surface area contributed by atoms with Crippen molar-refractivity contribution in [2.75, 3.05) is 59.0 Å².